The summed E-state index contributed by atoms with van der Waals surface area (Å²) in [6, 6.07) is 5.63. The molecule has 1 aromatic heterocycles. The number of ether oxygens (including phenoxy) is 2. The van der Waals surface area contributed by atoms with Crippen LogP contribution in [0.25, 0.3) is 0 Å². The van der Waals surface area contributed by atoms with Crippen LogP contribution in [0.1, 0.15) is 40.3 Å². The van der Waals surface area contributed by atoms with Crippen molar-refractivity contribution in [2.24, 2.45) is 7.05 Å². The third kappa shape index (κ3) is 4.53. The molecule has 2 N–H and O–H groups in total. The smallest absolute Gasteiger partial charge is 0.354 e. The zero-order valence-corrected chi connectivity index (χ0v) is 15.1. The quantitative estimate of drug-likeness (QED) is 0.707. The van der Waals surface area contributed by atoms with Crippen LogP contribution in [0.2, 0.25) is 0 Å². The number of carbonyl (C=O) groups is 2. The van der Waals surface area contributed by atoms with Crippen LogP contribution < -0.4 is 14.8 Å². The first kappa shape index (κ1) is 19.3. The molecule has 26 heavy (non-hydrogen) atoms. The maximum Gasteiger partial charge on any atom is 0.354 e. The Labute approximate surface area is 151 Å². The van der Waals surface area contributed by atoms with Crippen LogP contribution in [0.3, 0.4) is 0 Å². The van der Waals surface area contributed by atoms with Crippen LogP contribution in [0, 0.1) is 0 Å². The van der Waals surface area contributed by atoms with Crippen molar-refractivity contribution in [2.75, 3.05) is 19.8 Å². The number of benzene rings is 1. The van der Waals surface area contributed by atoms with E-state index in [2.05, 4.69) is 10.4 Å². The summed E-state index contributed by atoms with van der Waals surface area (Å²) < 4.78 is 12.3. The predicted molar refractivity (Wildman–Crippen MR) is 95.0 cm³/mol. The molecule has 0 saturated heterocycles. The Morgan fingerprint density at radius 2 is 1.88 bits per heavy atom. The SMILES string of the molecule is CCOc1ccc(CCNC(=O)c2cnn(C)c2C(=O)O)cc1OCC. The van der Waals surface area contributed by atoms with Gasteiger partial charge in [-0.15, -0.1) is 0 Å². The van der Waals surface area contributed by atoms with E-state index >= 15 is 0 Å². The van der Waals surface area contributed by atoms with Crippen LogP contribution >= 0.6 is 0 Å². The van der Waals surface area contributed by atoms with E-state index in [1.54, 1.807) is 0 Å². The molecule has 0 aliphatic rings. The number of aromatic carboxylic acids is 1. The molecule has 1 aromatic carbocycles. The largest absolute Gasteiger partial charge is 0.490 e. The molecule has 0 fully saturated rings. The van der Waals surface area contributed by atoms with Gasteiger partial charge in [0.25, 0.3) is 5.91 Å². The number of carbonyl (C=O) groups excluding carboxylic acids is 1. The van der Waals surface area contributed by atoms with Crippen molar-refractivity contribution in [3.63, 3.8) is 0 Å². The first-order valence-electron chi connectivity index (χ1n) is 8.39. The molecule has 140 valence electrons. The third-order valence-corrected chi connectivity index (χ3v) is 3.69. The molecule has 0 spiro atoms. The van der Waals surface area contributed by atoms with Crippen molar-refractivity contribution < 1.29 is 24.2 Å². The molecule has 0 aliphatic carbocycles. The number of rotatable bonds is 9. The monoisotopic (exact) mass is 361 g/mol. The summed E-state index contributed by atoms with van der Waals surface area (Å²) >= 11 is 0. The van der Waals surface area contributed by atoms with Crippen molar-refractivity contribution >= 4 is 11.9 Å². The molecular formula is C18H23N3O5. The minimum atomic E-state index is -1.19. The summed E-state index contributed by atoms with van der Waals surface area (Å²) in [6.07, 6.45) is 1.82. The summed E-state index contributed by atoms with van der Waals surface area (Å²) in [5, 5.41) is 15.7. The number of carboxylic acids is 1. The highest BCUT2D eigenvalue weighted by Gasteiger charge is 2.21. The second-order valence-electron chi connectivity index (χ2n) is 5.49. The van der Waals surface area contributed by atoms with Gasteiger partial charge in [-0.25, -0.2) is 4.79 Å². The number of hydrogen-bond donors (Lipinski definition) is 2. The highest BCUT2D eigenvalue weighted by atomic mass is 16.5. The molecule has 0 unspecified atom stereocenters. The van der Waals surface area contributed by atoms with E-state index in [0.717, 1.165) is 10.2 Å². The van der Waals surface area contributed by atoms with Crippen molar-refractivity contribution in [3.05, 3.63) is 41.2 Å². The zero-order chi connectivity index (χ0) is 19.1. The summed E-state index contributed by atoms with van der Waals surface area (Å²) in [7, 11) is 1.48. The normalized spacial score (nSPS) is 10.4. The van der Waals surface area contributed by atoms with E-state index < -0.39 is 11.9 Å². The van der Waals surface area contributed by atoms with Gasteiger partial charge in [-0.2, -0.15) is 5.10 Å². The Morgan fingerprint density at radius 1 is 1.19 bits per heavy atom. The van der Waals surface area contributed by atoms with Gasteiger partial charge in [-0.1, -0.05) is 6.07 Å². The van der Waals surface area contributed by atoms with Gasteiger partial charge >= 0.3 is 5.97 Å². The van der Waals surface area contributed by atoms with Crippen LogP contribution in [0.4, 0.5) is 0 Å². The number of nitrogens with zero attached hydrogens (tertiary/aromatic N) is 2. The predicted octanol–water partition coefficient (Wildman–Crippen LogP) is 1.89. The molecule has 0 radical (unpaired) electrons. The third-order valence-electron chi connectivity index (χ3n) is 3.69. The van der Waals surface area contributed by atoms with Crippen molar-refractivity contribution in [2.45, 2.75) is 20.3 Å². The fourth-order valence-corrected chi connectivity index (χ4v) is 2.52. The number of aromatic nitrogens is 2. The molecular weight excluding hydrogens is 338 g/mol. The van der Waals surface area contributed by atoms with Gasteiger partial charge in [0.2, 0.25) is 0 Å². The lowest BCUT2D eigenvalue weighted by Gasteiger charge is -2.12. The first-order chi connectivity index (χ1) is 12.5. The van der Waals surface area contributed by atoms with Gasteiger partial charge in [0.15, 0.2) is 17.2 Å². The van der Waals surface area contributed by atoms with Crippen LogP contribution in [-0.2, 0) is 13.5 Å². The van der Waals surface area contributed by atoms with Gasteiger partial charge in [-0.3, -0.25) is 9.48 Å². The van der Waals surface area contributed by atoms with Gasteiger partial charge in [-0.05, 0) is 38.0 Å². The van der Waals surface area contributed by atoms with E-state index in [-0.39, 0.29) is 11.3 Å². The summed E-state index contributed by atoms with van der Waals surface area (Å²) in [5.74, 6) is -0.309. The van der Waals surface area contributed by atoms with E-state index in [4.69, 9.17) is 9.47 Å². The number of aryl methyl sites for hydroxylation is 1. The molecule has 0 saturated carbocycles. The summed E-state index contributed by atoms with van der Waals surface area (Å²) in [6.45, 7) is 5.23. The second-order valence-corrected chi connectivity index (χ2v) is 5.49. The maximum absolute atomic E-state index is 12.2. The average Bonchev–Trinajstić information content (AvgIpc) is 2.99. The first-order valence-corrected chi connectivity index (χ1v) is 8.39. The number of hydrogen-bond acceptors (Lipinski definition) is 5. The Kier molecular flexibility index (Phi) is 6.60. The Hall–Kier alpha value is -3.03. The van der Waals surface area contributed by atoms with Crippen molar-refractivity contribution in [3.8, 4) is 11.5 Å². The minimum absolute atomic E-state index is 0.0432. The standard InChI is InChI=1S/C18H23N3O5/c1-4-25-14-7-6-12(10-15(14)26-5-2)8-9-19-17(22)13-11-20-21(3)16(13)18(23)24/h6-7,10-11H,4-5,8-9H2,1-3H3,(H,19,22)(H,23,24). The van der Waals surface area contributed by atoms with Crippen LogP contribution in [-0.4, -0.2) is 46.5 Å². The zero-order valence-electron chi connectivity index (χ0n) is 15.1. The highest BCUT2D eigenvalue weighted by Crippen LogP contribution is 2.28. The molecule has 0 bridgehead atoms. The number of carboxylic acid groups (broad SMARTS) is 1. The molecule has 8 heteroatoms. The summed E-state index contributed by atoms with van der Waals surface area (Å²) in [4.78, 5) is 23.4. The topological polar surface area (TPSA) is 103 Å². The number of nitrogens with one attached hydrogen (secondary N) is 1. The highest BCUT2D eigenvalue weighted by molar-refractivity contribution is 6.03. The maximum atomic E-state index is 12.2. The Balaban J connectivity index is 2.00. The van der Waals surface area contributed by atoms with Gasteiger partial charge in [0, 0.05) is 13.6 Å². The average molecular weight is 361 g/mol. The van der Waals surface area contributed by atoms with E-state index in [0.29, 0.717) is 37.7 Å². The van der Waals surface area contributed by atoms with Crippen molar-refractivity contribution in [1.82, 2.24) is 15.1 Å². The van der Waals surface area contributed by atoms with Crippen molar-refractivity contribution in [1.29, 1.82) is 0 Å². The van der Waals surface area contributed by atoms with Crippen LogP contribution in [0.5, 0.6) is 11.5 Å². The molecule has 1 amide bonds. The lowest BCUT2D eigenvalue weighted by molar-refractivity contribution is 0.0679. The van der Waals surface area contributed by atoms with E-state index in [9.17, 15) is 14.7 Å². The Morgan fingerprint density at radius 3 is 2.54 bits per heavy atom. The van der Waals surface area contributed by atoms with E-state index in [1.807, 2.05) is 32.0 Å². The van der Waals surface area contributed by atoms with Crippen LogP contribution in [0.15, 0.2) is 24.4 Å². The van der Waals surface area contributed by atoms with Gasteiger partial charge < -0.3 is 19.9 Å². The molecule has 2 rings (SSSR count). The lowest BCUT2D eigenvalue weighted by atomic mass is 10.1. The fourth-order valence-electron chi connectivity index (χ4n) is 2.52. The Bertz CT molecular complexity index is 785. The molecule has 8 nitrogen and oxygen atoms in total. The molecule has 0 aliphatic heterocycles. The summed E-state index contributed by atoms with van der Waals surface area (Å²) in [5.41, 5.74) is 0.880. The second kappa shape index (κ2) is 8.89. The fraction of sp³-hybridized carbons (Fsp3) is 0.389. The number of amides is 1. The molecule has 0 atom stereocenters. The molecule has 2 aromatic rings. The minimum Gasteiger partial charge on any atom is -0.490 e. The van der Waals surface area contributed by atoms with Gasteiger partial charge in [0.1, 0.15) is 0 Å². The van der Waals surface area contributed by atoms with E-state index in [1.165, 1.54) is 13.2 Å². The lowest BCUT2D eigenvalue weighted by Crippen LogP contribution is -2.27. The van der Waals surface area contributed by atoms with Gasteiger partial charge in [0.05, 0.1) is 25.0 Å². The molecule has 1 heterocycles.